The summed E-state index contributed by atoms with van der Waals surface area (Å²) < 4.78 is 63.8. The predicted octanol–water partition coefficient (Wildman–Crippen LogP) is 10.4. The highest BCUT2D eigenvalue weighted by Gasteiger charge is 2.44. The zero-order valence-corrected chi connectivity index (χ0v) is 29.2. The van der Waals surface area contributed by atoms with E-state index in [1.807, 2.05) is 42.5 Å². The molecule has 0 fully saturated rings. The molecule has 0 heterocycles. The minimum Gasteiger partial charge on any atom is -0.237 e. The van der Waals surface area contributed by atoms with E-state index in [0.717, 1.165) is 24.3 Å². The summed E-state index contributed by atoms with van der Waals surface area (Å²) in [6.45, 7) is 8.28. The molecule has 0 saturated carbocycles. The summed E-state index contributed by atoms with van der Waals surface area (Å²) in [5, 5.41) is 71.1. The fourth-order valence-corrected chi connectivity index (χ4v) is 7.24. The van der Waals surface area contributed by atoms with Crippen LogP contribution < -0.4 is 0 Å². The van der Waals surface area contributed by atoms with Crippen molar-refractivity contribution in [2.24, 2.45) is 0 Å². The maximum absolute atomic E-state index is 17.4. The van der Waals surface area contributed by atoms with Gasteiger partial charge in [-0.1, -0.05) is 24.3 Å². The van der Waals surface area contributed by atoms with Gasteiger partial charge in [-0.25, -0.2) is 22.4 Å². The summed E-state index contributed by atoms with van der Waals surface area (Å²) >= 11 is 0. The van der Waals surface area contributed by atoms with Crippen LogP contribution in [0, 0.1) is 97.5 Å². The van der Waals surface area contributed by atoms with Crippen LogP contribution in [0.2, 0.25) is 0 Å². The van der Waals surface area contributed by atoms with E-state index in [0.29, 0.717) is 0 Å². The van der Waals surface area contributed by atoms with E-state index in [4.69, 9.17) is 6.57 Å². The molecule has 0 radical (unpaired) electrons. The number of benzene rings is 5. The van der Waals surface area contributed by atoms with E-state index < -0.39 is 56.9 Å². The van der Waals surface area contributed by atoms with Gasteiger partial charge in [0, 0.05) is 27.8 Å². The van der Waals surface area contributed by atoms with E-state index in [9.17, 15) is 45.6 Å². The standard InChI is InChI=1S/C46H14F4N8/c1-58-46(30-14-25(18-53)11-26(15-30)19-54)43-42-37(28-4-8-32(48)9-5-28)38-34(21-56)44(49)40(33(20-55)29-12-23(16-51)10-24(13-29)17-52)41(38)36(27-2-6-31(47)7-3-27)39(42)35(22-57)45(43)50/h2-15H/b40-33-,46-43+. The van der Waals surface area contributed by atoms with E-state index in [1.54, 1.807) is 0 Å². The van der Waals surface area contributed by atoms with Gasteiger partial charge in [-0.15, -0.1) is 0 Å². The molecular formula is C46H14F4N8. The largest absolute Gasteiger partial charge is 0.237 e. The molecule has 8 nitrogen and oxygen atoms in total. The molecule has 12 heteroatoms. The Morgan fingerprint density at radius 1 is 0.448 bits per heavy atom. The molecule has 7 rings (SSSR count). The predicted molar refractivity (Wildman–Crippen MR) is 202 cm³/mol. The molecule has 0 bridgehead atoms. The quantitative estimate of drug-likeness (QED) is 0.0998. The van der Waals surface area contributed by atoms with Gasteiger partial charge in [0.05, 0.1) is 69.8 Å². The Morgan fingerprint density at radius 2 is 0.828 bits per heavy atom. The van der Waals surface area contributed by atoms with Crippen molar-refractivity contribution >= 4 is 33.6 Å². The van der Waals surface area contributed by atoms with Crippen LogP contribution in [0.3, 0.4) is 0 Å². The first-order valence-corrected chi connectivity index (χ1v) is 16.6. The number of nitriles is 7. The van der Waals surface area contributed by atoms with Crippen molar-refractivity contribution in [3.63, 3.8) is 0 Å². The molecule has 5 aromatic rings. The van der Waals surface area contributed by atoms with Crippen molar-refractivity contribution in [2.75, 3.05) is 0 Å². The summed E-state index contributed by atoms with van der Waals surface area (Å²) in [4.78, 5) is 3.61. The average Bonchev–Trinajstić information content (AvgIpc) is 3.69. The second-order valence-electron chi connectivity index (χ2n) is 12.6. The van der Waals surface area contributed by atoms with Gasteiger partial charge >= 0.3 is 0 Å². The highest BCUT2D eigenvalue weighted by Crippen LogP contribution is 2.61. The Bertz CT molecular complexity index is 2940. The van der Waals surface area contributed by atoms with Gasteiger partial charge in [0.2, 0.25) is 5.70 Å². The van der Waals surface area contributed by atoms with Crippen LogP contribution in [0.5, 0.6) is 0 Å². The molecule has 0 aliphatic heterocycles. The molecular weight excluding hydrogens is 741 g/mol. The van der Waals surface area contributed by atoms with Crippen LogP contribution in [0.4, 0.5) is 17.6 Å². The lowest BCUT2D eigenvalue weighted by molar-refractivity contribution is 0.627. The van der Waals surface area contributed by atoms with Gasteiger partial charge < -0.3 is 0 Å². The third-order valence-corrected chi connectivity index (χ3v) is 9.52. The Balaban J connectivity index is 1.82. The molecule has 0 aromatic heterocycles. The first-order chi connectivity index (χ1) is 28.1. The van der Waals surface area contributed by atoms with Gasteiger partial charge in [-0.2, -0.15) is 36.8 Å². The summed E-state index contributed by atoms with van der Waals surface area (Å²) in [5.74, 6) is -3.94. The minimum absolute atomic E-state index is 0.0502. The molecule has 0 N–H and O–H groups in total. The molecule has 0 saturated heterocycles. The van der Waals surface area contributed by atoms with Crippen LogP contribution in [0.15, 0.2) is 96.6 Å². The van der Waals surface area contributed by atoms with E-state index in [-0.39, 0.29) is 77.9 Å². The van der Waals surface area contributed by atoms with Crippen molar-refractivity contribution in [1.82, 2.24) is 0 Å². The normalized spacial score (nSPS) is 14.0. The van der Waals surface area contributed by atoms with Crippen LogP contribution in [-0.2, 0) is 0 Å². The lowest BCUT2D eigenvalue weighted by Crippen LogP contribution is -2.04. The van der Waals surface area contributed by atoms with E-state index in [2.05, 4.69) is 4.85 Å². The third-order valence-electron chi connectivity index (χ3n) is 9.52. The third kappa shape index (κ3) is 5.71. The number of hydrogen-bond donors (Lipinski definition) is 0. The first kappa shape index (κ1) is 37.0. The first-order valence-electron chi connectivity index (χ1n) is 16.6. The lowest BCUT2D eigenvalue weighted by Gasteiger charge is -2.23. The number of halogens is 4. The van der Waals surface area contributed by atoms with Gasteiger partial charge in [-0.3, -0.25) is 0 Å². The van der Waals surface area contributed by atoms with Gasteiger partial charge in [-0.05, 0) is 99.6 Å². The molecule has 2 aliphatic carbocycles. The van der Waals surface area contributed by atoms with Gasteiger partial charge in [0.25, 0.3) is 0 Å². The molecule has 2 aliphatic rings. The number of fused-ring (bicyclic) bond motifs is 2. The number of nitrogens with zero attached hydrogens (tertiary/aromatic N) is 8. The highest BCUT2D eigenvalue weighted by atomic mass is 19.1. The fraction of sp³-hybridized carbons (Fsp3) is 0. The lowest BCUT2D eigenvalue weighted by atomic mass is 9.78. The second-order valence-corrected chi connectivity index (χ2v) is 12.6. The Kier molecular flexibility index (Phi) is 9.26. The van der Waals surface area contributed by atoms with Crippen LogP contribution in [-0.4, -0.2) is 0 Å². The summed E-state index contributed by atoms with van der Waals surface area (Å²) in [5.41, 5.74) is -5.09. The number of hydrogen-bond acceptors (Lipinski definition) is 7. The molecule has 58 heavy (non-hydrogen) atoms. The molecule has 0 atom stereocenters. The second kappa shape index (κ2) is 14.5. The van der Waals surface area contributed by atoms with Crippen molar-refractivity contribution in [3.8, 4) is 64.7 Å². The van der Waals surface area contributed by atoms with Crippen molar-refractivity contribution in [1.29, 1.82) is 36.8 Å². The Morgan fingerprint density at radius 3 is 1.19 bits per heavy atom. The molecule has 266 valence electrons. The maximum atomic E-state index is 17.4. The maximum Gasteiger partial charge on any atom is 0.205 e. The van der Waals surface area contributed by atoms with Crippen molar-refractivity contribution in [2.45, 2.75) is 0 Å². The van der Waals surface area contributed by atoms with Crippen molar-refractivity contribution < 1.29 is 17.6 Å². The van der Waals surface area contributed by atoms with Crippen LogP contribution in [0.1, 0.15) is 55.6 Å². The number of rotatable bonds is 4. The molecule has 0 spiro atoms. The fourth-order valence-electron chi connectivity index (χ4n) is 7.24. The smallest absolute Gasteiger partial charge is 0.205 e. The monoisotopic (exact) mass is 754 g/mol. The summed E-state index contributed by atoms with van der Waals surface area (Å²) in [7, 11) is 0. The SMILES string of the molecule is [C-]#[N+]/C(=C1/C(F)=C(C#N)c2c1c(-c1ccc(F)cc1)c1c(c2-c2ccc(F)cc2)/C(=C(\C#N)c2cc(C#N)cc(C#N)c2)C(F)=C1C#N)c1cc(C#N)cc(C#N)c1. The zero-order valence-electron chi connectivity index (χ0n) is 29.2. The van der Waals surface area contributed by atoms with Gasteiger partial charge in [0.1, 0.15) is 35.7 Å². The summed E-state index contributed by atoms with van der Waals surface area (Å²) in [6, 6.07) is 29.7. The molecule has 5 aromatic carbocycles. The molecule has 0 amide bonds. The highest BCUT2D eigenvalue weighted by molar-refractivity contribution is 6.25. The molecule has 0 unspecified atom stereocenters. The van der Waals surface area contributed by atoms with E-state index >= 15 is 8.78 Å². The Labute approximate surface area is 327 Å². The van der Waals surface area contributed by atoms with Crippen LogP contribution in [0.25, 0.3) is 60.7 Å². The zero-order chi connectivity index (χ0) is 41.4. The Hall–Kier alpha value is -9.30. The minimum atomic E-state index is -1.26. The number of allylic oxidation sites excluding steroid dienone is 7. The topological polar surface area (TPSA) is 171 Å². The van der Waals surface area contributed by atoms with Gasteiger partial charge in [0.15, 0.2) is 5.83 Å². The average molecular weight is 755 g/mol. The van der Waals surface area contributed by atoms with Crippen molar-refractivity contribution in [3.05, 3.63) is 175 Å². The summed E-state index contributed by atoms with van der Waals surface area (Å²) in [6.07, 6.45) is 0. The van der Waals surface area contributed by atoms with Crippen LogP contribution >= 0.6 is 0 Å². The van der Waals surface area contributed by atoms with E-state index in [1.165, 1.54) is 60.7 Å².